The van der Waals surface area contributed by atoms with Gasteiger partial charge >= 0.3 is 5.97 Å². The van der Waals surface area contributed by atoms with Crippen molar-refractivity contribution in [2.75, 3.05) is 6.54 Å². The van der Waals surface area contributed by atoms with Gasteiger partial charge in [0.25, 0.3) is 0 Å². The summed E-state index contributed by atoms with van der Waals surface area (Å²) in [6.07, 6.45) is 8.83. The molecule has 2 fully saturated rings. The zero-order valence-corrected chi connectivity index (χ0v) is 11.0. The topological polar surface area (TPSA) is 71.2 Å². The second-order valence-corrected chi connectivity index (χ2v) is 5.60. The Morgan fingerprint density at radius 2 is 2.16 bits per heavy atom. The monoisotopic (exact) mass is 264 g/mol. The molecule has 3 atom stereocenters. The average Bonchev–Trinajstić information content (AvgIpc) is 3.03. The number of fused-ring (bicyclic) bond motifs is 1. The predicted octanol–water partition coefficient (Wildman–Crippen LogP) is 0.996. The van der Waals surface area contributed by atoms with Gasteiger partial charge in [-0.05, 0) is 25.2 Å². The van der Waals surface area contributed by atoms with Crippen molar-refractivity contribution in [3.05, 3.63) is 12.7 Å². The molecule has 2 heterocycles. The molecular weight excluding hydrogens is 244 g/mol. The highest BCUT2D eigenvalue weighted by molar-refractivity contribution is 5.74. The van der Waals surface area contributed by atoms with Crippen LogP contribution in [0.5, 0.6) is 0 Å². The Kier molecular flexibility index (Phi) is 3.50. The van der Waals surface area contributed by atoms with Crippen molar-refractivity contribution in [3.8, 4) is 0 Å². The van der Waals surface area contributed by atoms with Crippen LogP contribution >= 0.6 is 0 Å². The maximum absolute atomic E-state index is 11.4. The first-order valence-electron chi connectivity index (χ1n) is 7.06. The van der Waals surface area contributed by atoms with E-state index in [0.717, 1.165) is 19.4 Å². The van der Waals surface area contributed by atoms with Gasteiger partial charge in [-0.3, -0.25) is 14.4 Å². The first-order valence-corrected chi connectivity index (χ1v) is 7.06. The molecule has 0 aromatic carbocycles. The van der Waals surface area contributed by atoms with Gasteiger partial charge < -0.3 is 5.11 Å². The molecule has 104 valence electrons. The van der Waals surface area contributed by atoms with Crippen LogP contribution < -0.4 is 0 Å². The molecular formula is C13H20N4O2. The van der Waals surface area contributed by atoms with Gasteiger partial charge in [0, 0.05) is 12.6 Å². The molecule has 19 heavy (non-hydrogen) atoms. The third-order valence-electron chi connectivity index (χ3n) is 4.56. The molecule has 3 rings (SSSR count). The van der Waals surface area contributed by atoms with E-state index in [2.05, 4.69) is 15.0 Å². The van der Waals surface area contributed by atoms with Crippen molar-refractivity contribution in [1.29, 1.82) is 0 Å². The highest BCUT2D eigenvalue weighted by Crippen LogP contribution is 2.39. The molecule has 1 aliphatic heterocycles. The van der Waals surface area contributed by atoms with Crippen LogP contribution in [0, 0.1) is 5.92 Å². The fourth-order valence-corrected chi connectivity index (χ4v) is 3.68. The lowest BCUT2D eigenvalue weighted by atomic mass is 9.85. The number of carboxylic acid groups (broad SMARTS) is 1. The second-order valence-electron chi connectivity index (χ2n) is 5.60. The van der Waals surface area contributed by atoms with Crippen molar-refractivity contribution in [3.63, 3.8) is 0 Å². The highest BCUT2D eigenvalue weighted by atomic mass is 16.4. The summed E-state index contributed by atoms with van der Waals surface area (Å²) in [5.74, 6) is -0.0985. The summed E-state index contributed by atoms with van der Waals surface area (Å²) in [7, 11) is 0. The van der Waals surface area contributed by atoms with Crippen molar-refractivity contribution < 1.29 is 9.90 Å². The number of carbonyl (C=O) groups is 1. The molecule has 6 nitrogen and oxygen atoms in total. The predicted molar refractivity (Wildman–Crippen MR) is 68.5 cm³/mol. The minimum Gasteiger partial charge on any atom is -0.480 e. The Bertz CT molecular complexity index is 434. The van der Waals surface area contributed by atoms with Gasteiger partial charge in [0.2, 0.25) is 0 Å². The van der Waals surface area contributed by atoms with E-state index in [1.807, 2.05) is 0 Å². The van der Waals surface area contributed by atoms with Gasteiger partial charge in [0.15, 0.2) is 0 Å². The molecule has 1 aromatic rings. The Morgan fingerprint density at radius 1 is 1.32 bits per heavy atom. The van der Waals surface area contributed by atoms with Crippen LogP contribution in [0.2, 0.25) is 0 Å². The lowest BCUT2D eigenvalue weighted by molar-refractivity contribution is -0.142. The lowest BCUT2D eigenvalue weighted by Gasteiger charge is -2.32. The second kappa shape index (κ2) is 5.28. The van der Waals surface area contributed by atoms with E-state index >= 15 is 0 Å². The van der Waals surface area contributed by atoms with Crippen LogP contribution in [0.15, 0.2) is 12.7 Å². The van der Waals surface area contributed by atoms with Gasteiger partial charge in [-0.2, -0.15) is 5.10 Å². The fraction of sp³-hybridized carbons (Fsp3) is 0.769. The van der Waals surface area contributed by atoms with Gasteiger partial charge in [-0.25, -0.2) is 4.98 Å². The van der Waals surface area contributed by atoms with Crippen molar-refractivity contribution in [1.82, 2.24) is 19.7 Å². The summed E-state index contributed by atoms with van der Waals surface area (Å²) in [4.78, 5) is 17.5. The molecule has 1 saturated carbocycles. The first-order chi connectivity index (χ1) is 9.25. The summed E-state index contributed by atoms with van der Waals surface area (Å²) in [6.45, 7) is 1.47. The number of hydrogen-bond donors (Lipinski definition) is 1. The number of likely N-dealkylation sites (tertiary alicyclic amines) is 1. The standard InChI is InChI=1S/C13H20N4O2/c18-13(19)12-7-10-3-1-2-4-11(10)17(12)6-5-16-9-14-8-15-16/h8-12H,1-7H2,(H,18,19). The zero-order valence-electron chi connectivity index (χ0n) is 11.0. The molecule has 0 spiro atoms. The van der Waals surface area contributed by atoms with Crippen LogP contribution in [0.4, 0.5) is 0 Å². The molecule has 1 N–H and O–H groups in total. The first kappa shape index (κ1) is 12.6. The van der Waals surface area contributed by atoms with Crippen LogP contribution in [0.3, 0.4) is 0 Å². The van der Waals surface area contributed by atoms with Gasteiger partial charge in [-0.15, -0.1) is 0 Å². The molecule has 1 saturated heterocycles. The van der Waals surface area contributed by atoms with E-state index in [0.29, 0.717) is 18.5 Å². The van der Waals surface area contributed by atoms with Crippen LogP contribution in [-0.2, 0) is 11.3 Å². The molecule has 1 aliphatic carbocycles. The van der Waals surface area contributed by atoms with Gasteiger partial charge in [-0.1, -0.05) is 12.8 Å². The lowest BCUT2D eigenvalue weighted by Crippen LogP contribution is -2.43. The summed E-state index contributed by atoms with van der Waals surface area (Å²) in [6, 6.07) is 0.148. The number of rotatable bonds is 4. The molecule has 0 amide bonds. The molecule has 0 radical (unpaired) electrons. The number of carboxylic acids is 1. The van der Waals surface area contributed by atoms with Gasteiger partial charge in [0.1, 0.15) is 18.7 Å². The largest absolute Gasteiger partial charge is 0.480 e. The molecule has 0 bridgehead atoms. The maximum atomic E-state index is 11.4. The minimum absolute atomic E-state index is 0.309. The summed E-state index contributed by atoms with van der Waals surface area (Å²) in [5.41, 5.74) is 0. The highest BCUT2D eigenvalue weighted by Gasteiger charge is 2.44. The molecule has 6 heteroatoms. The smallest absolute Gasteiger partial charge is 0.320 e. The maximum Gasteiger partial charge on any atom is 0.320 e. The van der Waals surface area contributed by atoms with E-state index < -0.39 is 5.97 Å². The SMILES string of the molecule is O=C(O)C1CC2CCCCC2N1CCn1cncn1. The van der Waals surface area contributed by atoms with E-state index in [1.165, 1.54) is 25.6 Å². The Labute approximate surface area is 112 Å². The third-order valence-corrected chi connectivity index (χ3v) is 4.56. The average molecular weight is 264 g/mol. The molecule has 2 aliphatic rings. The molecule has 3 unspecified atom stereocenters. The quantitative estimate of drug-likeness (QED) is 0.878. The zero-order chi connectivity index (χ0) is 13.2. The van der Waals surface area contributed by atoms with E-state index in [9.17, 15) is 9.90 Å². The Balaban J connectivity index is 1.69. The number of hydrogen-bond acceptors (Lipinski definition) is 4. The van der Waals surface area contributed by atoms with Crippen molar-refractivity contribution in [2.24, 2.45) is 5.92 Å². The van der Waals surface area contributed by atoms with E-state index in [-0.39, 0.29) is 6.04 Å². The number of nitrogens with zero attached hydrogens (tertiary/aromatic N) is 4. The fourth-order valence-electron chi connectivity index (χ4n) is 3.68. The van der Waals surface area contributed by atoms with Crippen molar-refractivity contribution in [2.45, 2.75) is 50.7 Å². The Morgan fingerprint density at radius 3 is 2.89 bits per heavy atom. The van der Waals surface area contributed by atoms with Gasteiger partial charge in [0.05, 0.1) is 6.54 Å². The molecule has 1 aromatic heterocycles. The normalized spacial score (nSPS) is 31.3. The summed E-state index contributed by atoms with van der Waals surface area (Å²) >= 11 is 0. The number of aliphatic carboxylic acids is 1. The number of aromatic nitrogens is 3. The summed E-state index contributed by atoms with van der Waals surface area (Å²) in [5, 5.41) is 13.5. The van der Waals surface area contributed by atoms with E-state index in [4.69, 9.17) is 0 Å². The van der Waals surface area contributed by atoms with Crippen LogP contribution in [-0.4, -0.2) is 49.4 Å². The van der Waals surface area contributed by atoms with Crippen LogP contribution in [0.25, 0.3) is 0 Å². The third kappa shape index (κ3) is 2.49. The minimum atomic E-state index is -0.673. The van der Waals surface area contributed by atoms with E-state index in [1.54, 1.807) is 11.0 Å². The van der Waals surface area contributed by atoms with Crippen molar-refractivity contribution >= 4 is 5.97 Å². The van der Waals surface area contributed by atoms with Crippen LogP contribution in [0.1, 0.15) is 32.1 Å². The Hall–Kier alpha value is -1.43. The summed E-state index contributed by atoms with van der Waals surface area (Å²) < 4.78 is 1.77.